The van der Waals surface area contributed by atoms with E-state index in [0.29, 0.717) is 0 Å². The van der Waals surface area contributed by atoms with Crippen LogP contribution in [0.3, 0.4) is 0 Å². The van der Waals surface area contributed by atoms with Gasteiger partial charge in [0, 0.05) is 25.2 Å². The number of hydrogen-bond acceptors (Lipinski definition) is 2. The maximum atomic E-state index is 3.97. The Labute approximate surface area is 123 Å². The van der Waals surface area contributed by atoms with E-state index in [4.69, 9.17) is 0 Å². The van der Waals surface area contributed by atoms with Crippen molar-refractivity contribution < 1.29 is 0 Å². The first-order chi connectivity index (χ1) is 9.86. The first-order valence-corrected chi connectivity index (χ1v) is 8.66. The van der Waals surface area contributed by atoms with Gasteiger partial charge in [-0.1, -0.05) is 24.1 Å². The number of nitrogens with zero attached hydrogens (tertiary/aromatic N) is 2. The average molecular weight is 272 g/mol. The third-order valence-electron chi connectivity index (χ3n) is 6.12. The minimum Gasteiger partial charge on any atom is -0.299 e. The van der Waals surface area contributed by atoms with E-state index in [-0.39, 0.29) is 0 Å². The standard InChI is InChI=1S/C18H28N2/c1-2-8-19-10-5-6-14-11-15-12-16(18(14)19)13-20-9-4-3-7-17(15)20/h2,11,15-18H,1,3-10,12-13H2/t15-,16+,17-,18-/m1/s1. The molecule has 0 aromatic carbocycles. The molecule has 3 fully saturated rings. The topological polar surface area (TPSA) is 6.48 Å². The average Bonchev–Trinajstić information content (AvgIpc) is 2.48. The van der Waals surface area contributed by atoms with Crippen molar-refractivity contribution in [3.05, 3.63) is 24.3 Å². The predicted octanol–water partition coefficient (Wildman–Crippen LogP) is 3.07. The Hall–Kier alpha value is -0.600. The summed E-state index contributed by atoms with van der Waals surface area (Å²) < 4.78 is 0. The Morgan fingerprint density at radius 1 is 1.25 bits per heavy atom. The summed E-state index contributed by atoms with van der Waals surface area (Å²) in [5.41, 5.74) is 1.78. The lowest BCUT2D eigenvalue weighted by molar-refractivity contribution is 0.00201. The molecule has 0 N–H and O–H groups in total. The van der Waals surface area contributed by atoms with Crippen LogP contribution in [0.5, 0.6) is 0 Å². The fraction of sp³-hybridized carbons (Fsp3) is 0.778. The SMILES string of the molecule is C=CCN1CCCC2=C[C@@H]3C[C@@H](CN4CCCC[C@H]34)[C@@H]21. The molecule has 0 aromatic rings. The Morgan fingerprint density at radius 3 is 3.10 bits per heavy atom. The molecular formula is C18H28N2. The number of likely N-dealkylation sites (tertiary alicyclic amines) is 1. The fourth-order valence-electron chi connectivity index (χ4n) is 5.45. The lowest BCUT2D eigenvalue weighted by atomic mass is 9.68. The van der Waals surface area contributed by atoms with Gasteiger partial charge in [0.15, 0.2) is 0 Å². The zero-order valence-corrected chi connectivity index (χ0v) is 12.6. The summed E-state index contributed by atoms with van der Waals surface area (Å²) in [5, 5.41) is 0. The van der Waals surface area contributed by atoms with Crippen molar-refractivity contribution in [2.75, 3.05) is 26.2 Å². The first kappa shape index (κ1) is 13.1. The van der Waals surface area contributed by atoms with Crippen molar-refractivity contribution >= 4 is 0 Å². The van der Waals surface area contributed by atoms with Crippen molar-refractivity contribution in [1.82, 2.24) is 9.80 Å². The van der Waals surface area contributed by atoms with Gasteiger partial charge in [-0.05, 0) is 57.0 Å². The summed E-state index contributed by atoms with van der Waals surface area (Å²) >= 11 is 0. The van der Waals surface area contributed by atoms with E-state index < -0.39 is 0 Å². The van der Waals surface area contributed by atoms with Crippen LogP contribution in [0.4, 0.5) is 0 Å². The summed E-state index contributed by atoms with van der Waals surface area (Å²) in [4.78, 5) is 5.53. The van der Waals surface area contributed by atoms with Gasteiger partial charge < -0.3 is 0 Å². The quantitative estimate of drug-likeness (QED) is 0.713. The molecule has 3 aliphatic heterocycles. The molecule has 0 saturated carbocycles. The van der Waals surface area contributed by atoms with E-state index >= 15 is 0 Å². The number of fused-ring (bicyclic) bond motifs is 6. The van der Waals surface area contributed by atoms with Crippen LogP contribution in [-0.4, -0.2) is 48.1 Å². The zero-order valence-electron chi connectivity index (χ0n) is 12.6. The third kappa shape index (κ3) is 2.08. The molecular weight excluding hydrogens is 244 g/mol. The van der Waals surface area contributed by atoms with E-state index in [1.807, 2.05) is 0 Å². The monoisotopic (exact) mass is 272 g/mol. The van der Waals surface area contributed by atoms with E-state index in [0.717, 1.165) is 30.5 Å². The Morgan fingerprint density at radius 2 is 2.20 bits per heavy atom. The minimum absolute atomic E-state index is 0.737. The molecule has 0 aromatic heterocycles. The van der Waals surface area contributed by atoms with Gasteiger partial charge in [0.05, 0.1) is 0 Å². The molecule has 0 amide bonds. The second-order valence-corrected chi connectivity index (χ2v) is 7.29. The van der Waals surface area contributed by atoms with Crippen molar-refractivity contribution in [1.29, 1.82) is 0 Å². The van der Waals surface area contributed by atoms with Crippen LogP contribution in [0.25, 0.3) is 0 Å². The zero-order chi connectivity index (χ0) is 13.5. The van der Waals surface area contributed by atoms with E-state index in [2.05, 4.69) is 28.5 Å². The second kappa shape index (κ2) is 5.31. The van der Waals surface area contributed by atoms with Gasteiger partial charge in [-0.15, -0.1) is 6.58 Å². The van der Waals surface area contributed by atoms with Crippen molar-refractivity contribution in [3.8, 4) is 0 Å². The lowest BCUT2D eigenvalue weighted by Gasteiger charge is -2.54. The van der Waals surface area contributed by atoms with Crippen LogP contribution in [0, 0.1) is 11.8 Å². The van der Waals surface area contributed by atoms with Gasteiger partial charge in [0.2, 0.25) is 0 Å². The molecule has 4 rings (SSSR count). The van der Waals surface area contributed by atoms with Gasteiger partial charge in [0.25, 0.3) is 0 Å². The van der Waals surface area contributed by atoms with Crippen LogP contribution in [-0.2, 0) is 0 Å². The summed E-state index contributed by atoms with van der Waals surface area (Å²) in [6.45, 7) is 9.03. The molecule has 0 radical (unpaired) electrons. The van der Waals surface area contributed by atoms with Crippen LogP contribution in [0.1, 0.15) is 38.5 Å². The Kier molecular flexibility index (Phi) is 3.47. The normalized spacial score (nSPS) is 41.5. The Bertz CT molecular complexity index is 414. The molecule has 2 heteroatoms. The highest BCUT2D eigenvalue weighted by Gasteiger charge is 2.45. The summed E-state index contributed by atoms with van der Waals surface area (Å²) in [6.07, 6.45) is 13.3. The molecule has 3 heterocycles. The maximum Gasteiger partial charge on any atom is 0.0351 e. The van der Waals surface area contributed by atoms with E-state index in [1.165, 1.54) is 58.2 Å². The number of rotatable bonds is 2. The largest absolute Gasteiger partial charge is 0.299 e. The predicted molar refractivity (Wildman–Crippen MR) is 83.7 cm³/mol. The van der Waals surface area contributed by atoms with Crippen molar-refractivity contribution in [2.24, 2.45) is 11.8 Å². The van der Waals surface area contributed by atoms with Gasteiger partial charge >= 0.3 is 0 Å². The smallest absolute Gasteiger partial charge is 0.0351 e. The number of piperidine rings is 3. The maximum absolute atomic E-state index is 3.97. The van der Waals surface area contributed by atoms with Gasteiger partial charge in [-0.2, -0.15) is 0 Å². The highest BCUT2D eigenvalue weighted by Crippen LogP contribution is 2.44. The second-order valence-electron chi connectivity index (χ2n) is 7.29. The first-order valence-electron chi connectivity index (χ1n) is 8.66. The van der Waals surface area contributed by atoms with Gasteiger partial charge in [-0.25, -0.2) is 0 Å². The van der Waals surface area contributed by atoms with E-state index in [9.17, 15) is 0 Å². The fourth-order valence-corrected chi connectivity index (χ4v) is 5.45. The summed E-state index contributed by atoms with van der Waals surface area (Å²) in [5.74, 6) is 1.75. The number of hydrogen-bond donors (Lipinski definition) is 0. The summed E-state index contributed by atoms with van der Waals surface area (Å²) in [7, 11) is 0. The molecule has 1 aliphatic carbocycles. The van der Waals surface area contributed by atoms with Gasteiger partial charge in [-0.3, -0.25) is 9.80 Å². The van der Waals surface area contributed by atoms with Crippen molar-refractivity contribution in [2.45, 2.75) is 50.6 Å². The van der Waals surface area contributed by atoms with Crippen LogP contribution in [0.15, 0.2) is 24.3 Å². The molecule has 3 saturated heterocycles. The molecule has 0 unspecified atom stereocenters. The van der Waals surface area contributed by atoms with E-state index in [1.54, 1.807) is 5.57 Å². The van der Waals surface area contributed by atoms with Gasteiger partial charge in [0.1, 0.15) is 0 Å². The van der Waals surface area contributed by atoms with Crippen LogP contribution in [0.2, 0.25) is 0 Å². The summed E-state index contributed by atoms with van der Waals surface area (Å²) in [6, 6.07) is 1.61. The van der Waals surface area contributed by atoms with Crippen LogP contribution >= 0.6 is 0 Å². The van der Waals surface area contributed by atoms with Crippen molar-refractivity contribution in [3.63, 3.8) is 0 Å². The molecule has 2 bridgehead atoms. The Balaban J connectivity index is 1.63. The molecule has 20 heavy (non-hydrogen) atoms. The minimum atomic E-state index is 0.737. The van der Waals surface area contributed by atoms with Crippen LogP contribution < -0.4 is 0 Å². The molecule has 0 spiro atoms. The highest BCUT2D eigenvalue weighted by molar-refractivity contribution is 5.24. The third-order valence-corrected chi connectivity index (χ3v) is 6.12. The highest BCUT2D eigenvalue weighted by atomic mass is 15.2. The molecule has 4 aliphatic rings. The molecule has 4 atom stereocenters. The molecule has 2 nitrogen and oxygen atoms in total. The lowest BCUT2D eigenvalue weighted by Crippen LogP contribution is -2.59. The molecule has 110 valence electrons.